The molecule has 5 nitrogen and oxygen atoms in total. The molecule has 0 unspecified atom stereocenters. The molecule has 0 aliphatic rings. The van der Waals surface area contributed by atoms with E-state index in [9.17, 15) is 4.79 Å². The molecule has 0 atom stereocenters. The third-order valence-electron chi connectivity index (χ3n) is 2.54. The van der Waals surface area contributed by atoms with Gasteiger partial charge in [0.2, 0.25) is 0 Å². The van der Waals surface area contributed by atoms with Crippen LogP contribution >= 0.6 is 0 Å². The second kappa shape index (κ2) is 4.88. The molecule has 0 radical (unpaired) electrons. The van der Waals surface area contributed by atoms with Crippen molar-refractivity contribution in [3.05, 3.63) is 51.9 Å². The second-order valence-corrected chi connectivity index (χ2v) is 3.81. The average molecular weight is 233 g/mol. The van der Waals surface area contributed by atoms with Gasteiger partial charge in [0.05, 0.1) is 18.8 Å². The number of nitrogens with two attached hydrogens (primary N) is 1. The zero-order valence-corrected chi connectivity index (χ0v) is 9.64. The number of nitrogens with one attached hydrogen (secondary N) is 1. The number of ether oxygens (including phenoxy) is 1. The van der Waals surface area contributed by atoms with Crippen molar-refractivity contribution >= 4 is 5.69 Å². The van der Waals surface area contributed by atoms with Gasteiger partial charge >= 0.3 is 0 Å². The molecule has 2 rings (SSSR count). The van der Waals surface area contributed by atoms with Gasteiger partial charge in [0.1, 0.15) is 5.69 Å². The normalized spacial score (nSPS) is 10.6. The summed E-state index contributed by atoms with van der Waals surface area (Å²) in [5.74, 6) is 0. The van der Waals surface area contributed by atoms with Gasteiger partial charge in [-0.15, -0.1) is 0 Å². The lowest BCUT2D eigenvalue weighted by Gasteiger charge is -2.01. The number of aromatic nitrogens is 2. The Morgan fingerprint density at radius 3 is 2.71 bits per heavy atom. The van der Waals surface area contributed by atoms with Crippen LogP contribution in [0.3, 0.4) is 0 Å². The molecular formula is C12H15N3O2. The number of aromatic amines is 1. The fourth-order valence-electron chi connectivity index (χ4n) is 1.68. The maximum atomic E-state index is 11.8. The Kier molecular flexibility index (Phi) is 3.30. The van der Waals surface area contributed by atoms with Crippen molar-refractivity contribution in [2.24, 2.45) is 0 Å². The summed E-state index contributed by atoms with van der Waals surface area (Å²) in [6.07, 6.45) is 0. The number of nitrogen functional groups attached to an aromatic ring is 1. The number of anilines is 1. The third-order valence-corrected chi connectivity index (χ3v) is 2.54. The minimum atomic E-state index is -0.207. The van der Waals surface area contributed by atoms with Gasteiger partial charge in [-0.05, 0) is 5.56 Å². The molecule has 0 aliphatic heterocycles. The highest BCUT2D eigenvalue weighted by Gasteiger charge is 2.10. The van der Waals surface area contributed by atoms with Crippen molar-refractivity contribution in [3.8, 4) is 0 Å². The summed E-state index contributed by atoms with van der Waals surface area (Å²) in [5, 5.41) is 2.95. The fraction of sp³-hybridized carbons (Fsp3) is 0.250. The second-order valence-electron chi connectivity index (χ2n) is 3.81. The Hall–Kier alpha value is -2.01. The molecule has 1 aromatic heterocycles. The largest absolute Gasteiger partial charge is 0.393 e. The molecule has 90 valence electrons. The van der Waals surface area contributed by atoms with Crippen molar-refractivity contribution in [1.29, 1.82) is 0 Å². The molecule has 17 heavy (non-hydrogen) atoms. The first kappa shape index (κ1) is 11.5. The average Bonchev–Trinajstić information content (AvgIpc) is 2.60. The molecule has 0 fully saturated rings. The van der Waals surface area contributed by atoms with Crippen LogP contribution in [-0.4, -0.2) is 16.9 Å². The lowest BCUT2D eigenvalue weighted by atomic mass is 10.2. The van der Waals surface area contributed by atoms with Crippen molar-refractivity contribution in [2.45, 2.75) is 13.2 Å². The van der Waals surface area contributed by atoms with E-state index in [1.54, 1.807) is 7.11 Å². The maximum absolute atomic E-state index is 11.8. The molecule has 0 saturated carbocycles. The van der Waals surface area contributed by atoms with Crippen molar-refractivity contribution < 1.29 is 4.74 Å². The molecule has 5 heteroatoms. The van der Waals surface area contributed by atoms with Crippen molar-refractivity contribution in [1.82, 2.24) is 9.78 Å². The van der Waals surface area contributed by atoms with E-state index in [-0.39, 0.29) is 11.2 Å². The highest BCUT2D eigenvalue weighted by Crippen LogP contribution is 2.06. The summed E-state index contributed by atoms with van der Waals surface area (Å²) < 4.78 is 6.45. The molecule has 3 N–H and O–H groups in total. The number of hydrogen-bond acceptors (Lipinski definition) is 3. The molecule has 0 bridgehead atoms. The number of nitrogens with zero attached hydrogens (tertiary/aromatic N) is 1. The van der Waals surface area contributed by atoms with Crippen LogP contribution in [0.25, 0.3) is 0 Å². The van der Waals surface area contributed by atoms with E-state index in [4.69, 9.17) is 10.5 Å². The first-order chi connectivity index (χ1) is 8.22. The summed E-state index contributed by atoms with van der Waals surface area (Å²) in [5.41, 5.74) is 7.38. The predicted octanol–water partition coefficient (Wildman–Crippen LogP) is 0.953. The first-order valence-electron chi connectivity index (χ1n) is 5.32. The van der Waals surface area contributed by atoms with E-state index in [2.05, 4.69) is 5.10 Å². The number of hydrogen-bond donors (Lipinski definition) is 2. The standard InChI is InChI=1S/C12H15N3O2/c1-17-8-10-11(13)12(16)15(14-10)7-9-5-3-2-4-6-9/h2-6,14H,7-8,13H2,1H3. The number of H-pyrrole nitrogens is 1. The SMILES string of the molecule is COCc1[nH]n(Cc2ccccc2)c(=O)c1N. The smallest absolute Gasteiger partial charge is 0.290 e. The van der Waals surface area contributed by atoms with Crippen LogP contribution in [0.15, 0.2) is 35.1 Å². The van der Waals surface area contributed by atoms with Crippen LogP contribution in [0.5, 0.6) is 0 Å². The van der Waals surface area contributed by atoms with Crippen LogP contribution in [0, 0.1) is 0 Å². The van der Waals surface area contributed by atoms with Gasteiger partial charge in [-0.2, -0.15) is 0 Å². The molecule has 1 aromatic carbocycles. The van der Waals surface area contributed by atoms with E-state index in [1.165, 1.54) is 4.68 Å². The Balaban J connectivity index is 2.28. The highest BCUT2D eigenvalue weighted by atomic mass is 16.5. The molecule has 0 aliphatic carbocycles. The van der Waals surface area contributed by atoms with Crippen LogP contribution in [0.1, 0.15) is 11.3 Å². The molecular weight excluding hydrogens is 218 g/mol. The van der Waals surface area contributed by atoms with Gasteiger partial charge in [0.15, 0.2) is 0 Å². The van der Waals surface area contributed by atoms with E-state index >= 15 is 0 Å². The van der Waals surface area contributed by atoms with Gasteiger partial charge in [-0.25, -0.2) is 4.68 Å². The molecule has 0 spiro atoms. The van der Waals surface area contributed by atoms with E-state index in [1.807, 2.05) is 30.3 Å². The minimum absolute atomic E-state index is 0.207. The number of benzene rings is 1. The van der Waals surface area contributed by atoms with E-state index in [0.29, 0.717) is 18.8 Å². The van der Waals surface area contributed by atoms with Gasteiger partial charge in [0, 0.05) is 7.11 Å². The first-order valence-corrected chi connectivity index (χ1v) is 5.32. The van der Waals surface area contributed by atoms with Crippen molar-refractivity contribution in [2.75, 3.05) is 12.8 Å². The quantitative estimate of drug-likeness (QED) is 0.825. The van der Waals surface area contributed by atoms with E-state index in [0.717, 1.165) is 5.56 Å². The fourth-order valence-corrected chi connectivity index (χ4v) is 1.68. The molecule has 0 amide bonds. The Bertz CT molecular complexity index is 543. The van der Waals surface area contributed by atoms with Gasteiger partial charge < -0.3 is 10.5 Å². The zero-order valence-electron chi connectivity index (χ0n) is 9.64. The number of methoxy groups -OCH3 is 1. The maximum Gasteiger partial charge on any atom is 0.290 e. The Morgan fingerprint density at radius 1 is 1.35 bits per heavy atom. The van der Waals surface area contributed by atoms with Gasteiger partial charge in [-0.1, -0.05) is 30.3 Å². The van der Waals surface area contributed by atoms with Crippen LogP contribution in [0.2, 0.25) is 0 Å². The monoisotopic (exact) mass is 233 g/mol. The summed E-state index contributed by atoms with van der Waals surface area (Å²) in [4.78, 5) is 11.8. The molecule has 1 heterocycles. The number of rotatable bonds is 4. The summed E-state index contributed by atoms with van der Waals surface area (Å²) >= 11 is 0. The Labute approximate surface area is 98.8 Å². The predicted molar refractivity (Wildman–Crippen MR) is 65.7 cm³/mol. The van der Waals surface area contributed by atoms with E-state index < -0.39 is 0 Å². The molecule has 2 aromatic rings. The molecule has 0 saturated heterocycles. The lowest BCUT2D eigenvalue weighted by Crippen LogP contribution is -2.19. The lowest BCUT2D eigenvalue weighted by molar-refractivity contribution is 0.181. The summed E-state index contributed by atoms with van der Waals surface area (Å²) in [6.45, 7) is 0.788. The highest BCUT2D eigenvalue weighted by molar-refractivity contribution is 5.40. The van der Waals surface area contributed by atoms with Gasteiger partial charge in [-0.3, -0.25) is 9.89 Å². The van der Waals surface area contributed by atoms with Gasteiger partial charge in [0.25, 0.3) is 5.56 Å². The van der Waals surface area contributed by atoms with Crippen LogP contribution in [-0.2, 0) is 17.9 Å². The summed E-state index contributed by atoms with van der Waals surface area (Å²) in [6, 6.07) is 9.72. The summed E-state index contributed by atoms with van der Waals surface area (Å²) in [7, 11) is 1.56. The van der Waals surface area contributed by atoms with Crippen LogP contribution < -0.4 is 11.3 Å². The Morgan fingerprint density at radius 2 is 2.06 bits per heavy atom. The minimum Gasteiger partial charge on any atom is -0.393 e. The third kappa shape index (κ3) is 2.39. The van der Waals surface area contributed by atoms with Crippen molar-refractivity contribution in [3.63, 3.8) is 0 Å². The zero-order chi connectivity index (χ0) is 12.3. The van der Waals surface area contributed by atoms with Crippen LogP contribution in [0.4, 0.5) is 5.69 Å². The topological polar surface area (TPSA) is 73.0 Å².